The molecule has 0 saturated heterocycles. The summed E-state index contributed by atoms with van der Waals surface area (Å²) in [5.74, 6) is 0.779. The molecule has 752 valence electrons. The Kier molecular flexibility index (Phi) is 28.9. The number of fused-ring (bicyclic) bond motifs is 15. The minimum Gasteiger partial charge on any atom is -0.489 e. The number of nitrogens with zero attached hydrogens (tertiary/aromatic N) is 14. The van der Waals surface area contributed by atoms with Crippen LogP contribution in [0.3, 0.4) is 0 Å². The number of nitrogens with one attached hydrogen (secondary N) is 2. The van der Waals surface area contributed by atoms with E-state index in [-0.39, 0.29) is 46.8 Å². The largest absolute Gasteiger partial charge is 0.489 e. The molecule has 27 heteroatoms. The fraction of sp³-hybridized carbons (Fsp3) is 0.262. The van der Waals surface area contributed by atoms with Gasteiger partial charge in [-0.1, -0.05) is 92.4 Å². The van der Waals surface area contributed by atoms with Gasteiger partial charge in [-0.25, -0.2) is 8.78 Å². The van der Waals surface area contributed by atoms with E-state index in [0.717, 1.165) is 184 Å². The number of ketones is 1. The van der Waals surface area contributed by atoms with Gasteiger partial charge in [-0.3, -0.25) is 62.0 Å². The number of aromatic nitrogens is 16. The average molecular weight is 1990 g/mol. The Morgan fingerprint density at radius 1 is 0.322 bits per heavy atom. The number of aryl methyl sites for hydroxylation is 11. The zero-order valence-corrected chi connectivity index (χ0v) is 84.3. The van der Waals surface area contributed by atoms with Crippen molar-refractivity contribution in [1.29, 1.82) is 0 Å². The van der Waals surface area contributed by atoms with Gasteiger partial charge in [-0.2, -0.15) is 20.0 Å². The van der Waals surface area contributed by atoms with E-state index in [1.165, 1.54) is 190 Å². The molecule has 0 fully saturated rings. The molecule has 2 N–H and O–H groups in total. The predicted octanol–water partition coefficient (Wildman–Crippen LogP) is 22.9. The maximum atomic E-state index is 13.0. The van der Waals surface area contributed by atoms with Crippen molar-refractivity contribution in [3.8, 4) is 68.1 Å². The van der Waals surface area contributed by atoms with Crippen molar-refractivity contribution in [3.63, 3.8) is 0 Å². The zero-order valence-electron chi connectivity index (χ0n) is 84.3. The summed E-state index contributed by atoms with van der Waals surface area (Å²) in [6, 6.07) is 69.3. The summed E-state index contributed by atoms with van der Waals surface area (Å²) in [4.78, 5) is 95.9. The van der Waals surface area contributed by atoms with Crippen molar-refractivity contribution in [2.45, 2.75) is 188 Å². The molecular formula is C122H116F2N16O9. The predicted molar refractivity (Wildman–Crippen MR) is 580 cm³/mol. The van der Waals surface area contributed by atoms with Crippen LogP contribution in [0.1, 0.15) is 186 Å². The maximum absolute atomic E-state index is 13.0. The molecule has 5 aliphatic carbocycles. The quantitative estimate of drug-likeness (QED) is 0.0851. The first kappa shape index (κ1) is 98.2. The van der Waals surface area contributed by atoms with Crippen molar-refractivity contribution in [3.05, 3.63) is 422 Å². The van der Waals surface area contributed by atoms with Crippen LogP contribution in [-0.2, 0) is 98.8 Å². The van der Waals surface area contributed by atoms with E-state index in [4.69, 9.17) is 14.2 Å². The molecule has 0 amide bonds. The number of aromatic amines is 2. The minimum atomic E-state index is -0.403. The number of benzene rings is 6. The number of hydrogen-bond donors (Lipinski definition) is 2. The molecule has 25 rings (SSSR count). The summed E-state index contributed by atoms with van der Waals surface area (Å²) in [7, 11) is 6.24. The van der Waals surface area contributed by atoms with Gasteiger partial charge < -0.3 is 37.9 Å². The lowest BCUT2D eigenvalue weighted by molar-refractivity contribution is 0.0983. The molecule has 5 aliphatic rings. The lowest BCUT2D eigenvalue weighted by Crippen LogP contribution is -2.20. The van der Waals surface area contributed by atoms with E-state index in [1.807, 2.05) is 149 Å². The number of carbonyl (C=O) groups is 1. The normalized spacial score (nSPS) is 13.9. The topological polar surface area (TPSA) is 278 Å². The number of Topliss-reactive ketones (excluding diaryl/α,β-unsaturated/α-hetero) is 1. The van der Waals surface area contributed by atoms with E-state index in [9.17, 15) is 37.5 Å². The van der Waals surface area contributed by atoms with Crippen LogP contribution < -0.4 is 42.0 Å². The Morgan fingerprint density at radius 3 is 1.28 bits per heavy atom. The highest BCUT2D eigenvalue weighted by molar-refractivity contribution is 6.10. The zero-order chi connectivity index (χ0) is 102. The Balaban J connectivity index is 0.000000109. The first-order chi connectivity index (χ1) is 72.7. The van der Waals surface area contributed by atoms with Crippen molar-refractivity contribution in [1.82, 2.24) is 76.9 Å². The minimum absolute atomic E-state index is 0.0365. The average Bonchev–Trinajstić information content (AvgIpc) is 1.50. The highest BCUT2D eigenvalue weighted by Crippen LogP contribution is 2.39. The van der Waals surface area contributed by atoms with Crippen molar-refractivity contribution >= 4 is 60.3 Å². The highest BCUT2D eigenvalue weighted by atomic mass is 19.1. The monoisotopic (exact) mass is 1990 g/mol. The van der Waals surface area contributed by atoms with Gasteiger partial charge in [0.2, 0.25) is 0 Å². The Morgan fingerprint density at radius 2 is 0.758 bits per heavy atom. The number of rotatable bonds is 16. The van der Waals surface area contributed by atoms with E-state index in [1.54, 1.807) is 67.1 Å². The van der Waals surface area contributed by atoms with Gasteiger partial charge in [-0.15, -0.1) is 0 Å². The molecule has 0 bridgehead atoms. The van der Waals surface area contributed by atoms with E-state index in [0.29, 0.717) is 47.4 Å². The highest BCUT2D eigenvalue weighted by Gasteiger charge is 2.27. The summed E-state index contributed by atoms with van der Waals surface area (Å²) in [5.41, 5.74) is 29.6. The summed E-state index contributed by atoms with van der Waals surface area (Å²) in [5, 5.41) is 18.7. The number of carbonyl (C=O) groups excluding carboxylic acids is 1. The molecule has 0 atom stereocenters. The van der Waals surface area contributed by atoms with Crippen LogP contribution in [0.4, 0.5) is 8.78 Å². The van der Waals surface area contributed by atoms with Crippen molar-refractivity contribution in [2.75, 3.05) is 0 Å². The number of halogens is 2. The van der Waals surface area contributed by atoms with Gasteiger partial charge in [0.15, 0.2) is 5.78 Å². The molecule has 14 heterocycles. The van der Waals surface area contributed by atoms with Gasteiger partial charge in [-0.05, 0) is 297 Å². The Hall–Kier alpha value is -16.8. The second-order valence-corrected chi connectivity index (χ2v) is 39.3. The van der Waals surface area contributed by atoms with Gasteiger partial charge >= 0.3 is 0 Å². The first-order valence-electron chi connectivity index (χ1n) is 51.7. The molecular weight excluding hydrogens is 1870 g/mol. The molecule has 0 radical (unpaired) electrons. The molecule has 14 aromatic heterocycles. The number of ether oxygens (including phenoxy) is 3. The summed E-state index contributed by atoms with van der Waals surface area (Å²) < 4.78 is 57.6. The third-order valence-corrected chi connectivity index (χ3v) is 29.5. The number of hydrogen-bond acceptors (Lipinski definition) is 15. The Bertz CT molecular complexity index is 8320. The van der Waals surface area contributed by atoms with Crippen LogP contribution in [0.15, 0.2) is 298 Å². The smallest absolute Gasteiger partial charge is 0.275 e. The van der Waals surface area contributed by atoms with E-state index >= 15 is 0 Å². The second-order valence-electron chi connectivity index (χ2n) is 39.3. The second kappa shape index (κ2) is 43.8. The molecule has 20 aromatic rings. The maximum Gasteiger partial charge on any atom is 0.275 e. The van der Waals surface area contributed by atoms with E-state index < -0.39 is 11.6 Å². The lowest BCUT2D eigenvalue weighted by atomic mass is 10.0. The molecule has 0 aliphatic heterocycles. The number of pyridine rings is 7. The summed E-state index contributed by atoms with van der Waals surface area (Å²) >= 11 is 0. The van der Waals surface area contributed by atoms with Gasteiger partial charge in [0, 0.05) is 178 Å². The van der Waals surface area contributed by atoms with Crippen LogP contribution in [0.2, 0.25) is 0 Å². The lowest BCUT2D eigenvalue weighted by Gasteiger charge is -2.10. The standard InChI is InChI=1S/C26H24N2O3.C25H24FN3O2.C24H23FN4O2.C24H23N3O.C23H22N4O/c1-27-22-9-5-6-10-24(29)26(22)21-12-11-19(15-23(21)27)28-14-13-20(16-25(28)30)31-17-18-7-3-2-4-8-18;1-28-23-6-4-2-3-5-21(23)22-10-9-19(13-24(22)28)29-12-11-20(14-25(29)30)31-16-18-8-7-17(26)15-27-18;1-28-22-6-4-2-3-5-20(22)21-10-9-18(11-23(21)28)29-24(30)12-19(14-27-29)31-15-17-8-7-16(25)13-26-17;1-16-7-8-18(15-25-16)17-11-12-27(24(28)13-17)19-9-10-21-20-5-3-2-4-6-22(20)26-23(21)14-19;1-15-7-10-20(26-25-15)16-11-12-27(23(28)13-16)17-8-9-19-18-5-3-2-4-6-21(18)24-22(19)14-17/h2-4,7-8,11-16H,5-6,9-10,17H2,1H3;7-15H,2-6,16H2,1H3;7-14H,2-6,15H2,1H3;7-15,26H,2-6H2,1H3;7-14,24H,2-6H2,1H3. The van der Waals surface area contributed by atoms with Crippen molar-refractivity contribution in [2.24, 2.45) is 21.1 Å². The van der Waals surface area contributed by atoms with E-state index in [2.05, 4.69) is 117 Å². The summed E-state index contributed by atoms with van der Waals surface area (Å²) in [6.45, 7) is 4.57. The molecule has 149 heavy (non-hydrogen) atoms. The fourth-order valence-corrected chi connectivity index (χ4v) is 21.7. The van der Waals surface area contributed by atoms with Gasteiger partial charge in [0.1, 0.15) is 48.7 Å². The molecule has 25 nitrogen and oxygen atoms in total. The molecule has 6 aromatic carbocycles. The summed E-state index contributed by atoms with van der Waals surface area (Å²) in [6.07, 6.45) is 40.3. The van der Waals surface area contributed by atoms with Crippen LogP contribution in [0.5, 0.6) is 17.2 Å². The SMILES string of the molecule is Cc1ccc(-c2ccn(-c3ccc4c5c([nH]c4c3)CCCCC5)c(=O)c2)cn1.Cc1ccc(-c2ccn(-c3ccc4c5c([nH]c4c3)CCCCC5)c(=O)c2)nn1.Cn1c2c(c3ccc(-n4ccc(OCc5ccc(F)cn5)cc4=O)cc31)CCCCC2.Cn1c2c(c3ccc(-n4ccc(OCc5ccccc5)cc4=O)cc31)C(=O)CCCC2.Cn1c2c(c3ccc(-n4ncc(OCc5ccc(F)cn5)cc4=O)cc31)CCCCC2. The van der Waals surface area contributed by atoms with Crippen LogP contribution in [-0.4, -0.2) is 82.7 Å². The van der Waals surface area contributed by atoms with Crippen molar-refractivity contribution < 1.29 is 27.8 Å². The van der Waals surface area contributed by atoms with Gasteiger partial charge in [0.05, 0.1) is 86.4 Å². The third kappa shape index (κ3) is 21.5. The number of H-pyrrole nitrogens is 2. The molecule has 0 unspecified atom stereocenters. The van der Waals surface area contributed by atoms with Crippen LogP contribution in [0, 0.1) is 25.5 Å². The fourth-order valence-electron chi connectivity index (χ4n) is 21.7. The first-order valence-corrected chi connectivity index (χ1v) is 51.7. The molecule has 0 saturated carbocycles. The third-order valence-electron chi connectivity index (χ3n) is 29.5. The Labute approximate surface area is 858 Å². The van der Waals surface area contributed by atoms with Crippen LogP contribution in [0.25, 0.3) is 105 Å². The molecule has 0 spiro atoms. The van der Waals surface area contributed by atoms with Gasteiger partial charge in [0.25, 0.3) is 27.8 Å². The van der Waals surface area contributed by atoms with Crippen LogP contribution >= 0.6 is 0 Å².